The normalized spacial score (nSPS) is 11.2. The van der Waals surface area contributed by atoms with Crippen LogP contribution in [0.1, 0.15) is 0 Å². The van der Waals surface area contributed by atoms with E-state index in [4.69, 9.17) is 12.2 Å². The van der Waals surface area contributed by atoms with Crippen LogP contribution in [0.5, 0.6) is 0 Å². The van der Waals surface area contributed by atoms with Crippen molar-refractivity contribution in [1.29, 1.82) is 0 Å². The summed E-state index contributed by atoms with van der Waals surface area (Å²) < 4.78 is 0.697. The van der Waals surface area contributed by atoms with E-state index in [9.17, 15) is 0 Å². The van der Waals surface area contributed by atoms with Gasteiger partial charge >= 0.3 is 0 Å². The molecule has 4 aromatic rings. The van der Waals surface area contributed by atoms with Crippen LogP contribution in [0.3, 0.4) is 0 Å². The number of hydrogen-bond donors (Lipinski definition) is 2. The van der Waals surface area contributed by atoms with Crippen LogP contribution in [0.15, 0.2) is 54.6 Å². The molecule has 2 aromatic carbocycles. The van der Waals surface area contributed by atoms with Crippen LogP contribution < -0.4 is 0 Å². The molecule has 0 spiro atoms. The van der Waals surface area contributed by atoms with E-state index in [1.807, 2.05) is 42.5 Å². The highest BCUT2D eigenvalue weighted by molar-refractivity contribution is 7.71. The largest absolute Gasteiger partial charge is 0.345 e. The van der Waals surface area contributed by atoms with E-state index in [-0.39, 0.29) is 0 Å². The van der Waals surface area contributed by atoms with E-state index in [2.05, 4.69) is 27.1 Å². The minimum absolute atomic E-state index is 0.697. The number of hydrogen-bond acceptors (Lipinski definition) is 2. The number of H-pyrrole nitrogens is 2. The molecule has 0 unspecified atom stereocenters. The maximum Gasteiger partial charge on any atom is 0.141 e. The first kappa shape index (κ1) is 11.4. The van der Waals surface area contributed by atoms with E-state index < -0.39 is 0 Å². The number of nitrogens with one attached hydrogen (secondary N) is 2. The molecule has 0 atom stereocenters. The molecule has 0 aliphatic rings. The highest BCUT2D eigenvalue weighted by Crippen LogP contribution is 2.24. The number of nitrogens with zero attached hydrogens (tertiary/aromatic N) is 1. The lowest BCUT2D eigenvalue weighted by atomic mass is 10.1. The van der Waals surface area contributed by atoms with Crippen molar-refractivity contribution in [3.63, 3.8) is 0 Å². The van der Waals surface area contributed by atoms with Gasteiger partial charge in [0.15, 0.2) is 0 Å². The second-order valence-electron chi connectivity index (χ2n) is 4.70. The molecule has 0 fully saturated rings. The lowest BCUT2D eigenvalue weighted by Gasteiger charge is -2.02. The van der Waals surface area contributed by atoms with Gasteiger partial charge in [0, 0.05) is 5.52 Å². The van der Waals surface area contributed by atoms with Crippen molar-refractivity contribution < 1.29 is 0 Å². The zero-order valence-corrected chi connectivity index (χ0v) is 11.4. The number of aromatic amines is 2. The van der Waals surface area contributed by atoms with Gasteiger partial charge in [0.1, 0.15) is 10.5 Å². The molecule has 4 rings (SSSR count). The van der Waals surface area contributed by atoms with Gasteiger partial charge in [0.2, 0.25) is 0 Å². The fraction of sp³-hybridized carbons (Fsp3) is 0. The van der Waals surface area contributed by atoms with Crippen molar-refractivity contribution in [3.8, 4) is 11.4 Å². The van der Waals surface area contributed by atoms with Crippen LogP contribution in [-0.4, -0.2) is 15.0 Å². The molecule has 0 saturated heterocycles. The Bertz CT molecular complexity index is 949. The van der Waals surface area contributed by atoms with Gasteiger partial charge in [-0.15, -0.1) is 0 Å². The molecule has 4 heteroatoms. The molecule has 0 bridgehead atoms. The van der Waals surface area contributed by atoms with Crippen LogP contribution in [0.2, 0.25) is 0 Å². The Hall–Kier alpha value is -2.46. The quantitative estimate of drug-likeness (QED) is 0.505. The zero-order chi connectivity index (χ0) is 13.5. The highest BCUT2D eigenvalue weighted by atomic mass is 32.1. The fourth-order valence-corrected chi connectivity index (χ4v) is 2.67. The highest BCUT2D eigenvalue weighted by Gasteiger charge is 2.08. The molecule has 0 radical (unpaired) electrons. The molecule has 2 aromatic heterocycles. The average molecular weight is 277 g/mol. The minimum atomic E-state index is 0.697. The molecular formula is C16H11N3S. The van der Waals surface area contributed by atoms with Crippen molar-refractivity contribution in [1.82, 2.24) is 15.0 Å². The Morgan fingerprint density at radius 3 is 2.45 bits per heavy atom. The van der Waals surface area contributed by atoms with Crippen LogP contribution in [0.4, 0.5) is 0 Å². The topological polar surface area (TPSA) is 44.5 Å². The number of imidazole rings is 1. The first-order valence-corrected chi connectivity index (χ1v) is 6.79. The first-order chi connectivity index (χ1) is 9.81. The Kier molecular flexibility index (Phi) is 2.44. The average Bonchev–Trinajstić information content (AvgIpc) is 2.90. The van der Waals surface area contributed by atoms with Gasteiger partial charge in [-0.05, 0) is 29.7 Å². The monoisotopic (exact) mass is 277 g/mol. The fourth-order valence-electron chi connectivity index (χ4n) is 2.40. The SMILES string of the molecule is S=c1[nH]c2ccccc2cc1-c1nc2ccccc2[nH]1. The molecule has 0 saturated carbocycles. The standard InChI is InChI=1S/C16H11N3S/c20-16-11(9-10-5-1-2-6-12(10)19-16)15-17-13-7-3-4-8-14(13)18-15/h1-9H,(H,17,18)(H,19,20). The van der Waals surface area contributed by atoms with Gasteiger partial charge in [-0.3, -0.25) is 0 Å². The summed E-state index contributed by atoms with van der Waals surface area (Å²) in [6.07, 6.45) is 0. The van der Waals surface area contributed by atoms with Gasteiger partial charge in [-0.1, -0.05) is 42.5 Å². The van der Waals surface area contributed by atoms with Crippen LogP contribution in [0.25, 0.3) is 33.3 Å². The summed E-state index contributed by atoms with van der Waals surface area (Å²) >= 11 is 5.45. The zero-order valence-electron chi connectivity index (χ0n) is 10.6. The number of fused-ring (bicyclic) bond motifs is 2. The van der Waals surface area contributed by atoms with Gasteiger partial charge in [0.25, 0.3) is 0 Å². The van der Waals surface area contributed by atoms with Crippen LogP contribution in [-0.2, 0) is 0 Å². The van der Waals surface area contributed by atoms with Gasteiger partial charge in [-0.25, -0.2) is 4.98 Å². The number of benzene rings is 2. The summed E-state index contributed by atoms with van der Waals surface area (Å²) in [5.74, 6) is 0.804. The summed E-state index contributed by atoms with van der Waals surface area (Å²) in [5, 5.41) is 1.12. The molecule has 96 valence electrons. The Labute approximate surface area is 120 Å². The van der Waals surface area contributed by atoms with Crippen molar-refractivity contribution in [2.24, 2.45) is 0 Å². The van der Waals surface area contributed by atoms with E-state index in [1.165, 1.54) is 0 Å². The van der Waals surface area contributed by atoms with E-state index in [1.54, 1.807) is 0 Å². The summed E-state index contributed by atoms with van der Waals surface area (Å²) in [7, 11) is 0. The molecule has 3 nitrogen and oxygen atoms in total. The van der Waals surface area contributed by atoms with E-state index >= 15 is 0 Å². The minimum Gasteiger partial charge on any atom is -0.345 e. The van der Waals surface area contributed by atoms with E-state index in [0.29, 0.717) is 4.64 Å². The lowest BCUT2D eigenvalue weighted by Crippen LogP contribution is -1.87. The molecule has 2 N–H and O–H groups in total. The van der Waals surface area contributed by atoms with Crippen LogP contribution >= 0.6 is 12.2 Å². The maximum atomic E-state index is 5.45. The smallest absolute Gasteiger partial charge is 0.141 e. The van der Waals surface area contributed by atoms with Crippen molar-refractivity contribution in [2.75, 3.05) is 0 Å². The van der Waals surface area contributed by atoms with Crippen molar-refractivity contribution in [3.05, 3.63) is 59.2 Å². The third-order valence-corrected chi connectivity index (χ3v) is 3.72. The summed E-state index contributed by atoms with van der Waals surface area (Å²) in [4.78, 5) is 11.2. The van der Waals surface area contributed by atoms with Gasteiger partial charge in [0.05, 0.1) is 16.6 Å². The molecule has 2 heterocycles. The Morgan fingerprint density at radius 2 is 1.60 bits per heavy atom. The second kappa shape index (κ2) is 4.28. The Balaban J connectivity index is 2.01. The van der Waals surface area contributed by atoms with Gasteiger partial charge < -0.3 is 9.97 Å². The van der Waals surface area contributed by atoms with Crippen molar-refractivity contribution in [2.45, 2.75) is 0 Å². The predicted molar refractivity (Wildman–Crippen MR) is 84.2 cm³/mol. The van der Waals surface area contributed by atoms with Crippen molar-refractivity contribution >= 4 is 34.2 Å². The summed E-state index contributed by atoms with van der Waals surface area (Å²) in [6.45, 7) is 0. The number of pyridine rings is 1. The van der Waals surface area contributed by atoms with Gasteiger partial charge in [-0.2, -0.15) is 0 Å². The maximum absolute atomic E-state index is 5.45. The molecular weight excluding hydrogens is 266 g/mol. The molecule has 0 aliphatic carbocycles. The van der Waals surface area contributed by atoms with E-state index in [0.717, 1.165) is 33.3 Å². The predicted octanol–water partition coefficient (Wildman–Crippen LogP) is 4.44. The van der Waals surface area contributed by atoms with Crippen LogP contribution in [0, 0.1) is 4.64 Å². The molecule has 20 heavy (non-hydrogen) atoms. The summed E-state index contributed by atoms with van der Waals surface area (Å²) in [5.41, 5.74) is 3.93. The lowest BCUT2D eigenvalue weighted by molar-refractivity contribution is 1.29. The third-order valence-electron chi connectivity index (χ3n) is 3.40. The molecule has 0 amide bonds. The number of para-hydroxylation sites is 3. The third kappa shape index (κ3) is 1.73. The first-order valence-electron chi connectivity index (χ1n) is 6.38. The Morgan fingerprint density at radius 1 is 0.850 bits per heavy atom. The summed E-state index contributed by atoms with van der Waals surface area (Å²) in [6, 6.07) is 18.1. The molecule has 0 aliphatic heterocycles. The number of aromatic nitrogens is 3. The number of rotatable bonds is 1. The second-order valence-corrected chi connectivity index (χ2v) is 5.11.